The number of piperidine rings is 1. The third kappa shape index (κ3) is 2.45. The van der Waals surface area contributed by atoms with Gasteiger partial charge < -0.3 is 10.2 Å². The van der Waals surface area contributed by atoms with Crippen LogP contribution in [-0.2, 0) is 0 Å². The fraction of sp³-hybridized carbons (Fsp3) is 1.00. The molecule has 0 aromatic carbocycles. The molecule has 0 aliphatic carbocycles. The van der Waals surface area contributed by atoms with Gasteiger partial charge in [0.1, 0.15) is 5.54 Å². The summed E-state index contributed by atoms with van der Waals surface area (Å²) in [6.45, 7) is 3.92. The molecule has 2 rings (SSSR count). The van der Waals surface area contributed by atoms with Crippen molar-refractivity contribution in [1.29, 1.82) is 0 Å². The second kappa shape index (κ2) is 4.76. The number of hydrogen-bond donors (Lipinski definition) is 1. The van der Waals surface area contributed by atoms with Crippen LogP contribution in [-0.4, -0.2) is 42.3 Å². The summed E-state index contributed by atoms with van der Waals surface area (Å²) < 4.78 is 39.9. The number of halogens is 3. The minimum Gasteiger partial charge on any atom is -0.304 e. The largest absolute Gasteiger partial charge is 0.406 e. The van der Waals surface area contributed by atoms with Gasteiger partial charge in [0, 0.05) is 12.6 Å². The average Bonchev–Trinajstić information content (AvgIpc) is 2.71. The molecule has 2 saturated heterocycles. The van der Waals surface area contributed by atoms with E-state index in [0.717, 1.165) is 25.8 Å². The van der Waals surface area contributed by atoms with Crippen LogP contribution >= 0.6 is 0 Å². The highest BCUT2D eigenvalue weighted by Gasteiger charge is 2.57. The second-order valence-electron chi connectivity index (χ2n) is 5.29. The lowest BCUT2D eigenvalue weighted by Gasteiger charge is -2.45. The molecule has 100 valence electrons. The second-order valence-corrected chi connectivity index (χ2v) is 5.29. The minimum absolute atomic E-state index is 0.134. The Balaban J connectivity index is 2.11. The van der Waals surface area contributed by atoms with Crippen LogP contribution < -0.4 is 5.32 Å². The van der Waals surface area contributed by atoms with Gasteiger partial charge in [0.25, 0.3) is 0 Å². The van der Waals surface area contributed by atoms with Crippen LogP contribution in [0.2, 0.25) is 0 Å². The third-order valence-electron chi connectivity index (χ3n) is 4.16. The lowest BCUT2D eigenvalue weighted by molar-refractivity contribution is -0.212. The van der Waals surface area contributed by atoms with Crippen molar-refractivity contribution < 1.29 is 13.2 Å². The molecule has 0 amide bonds. The zero-order chi connectivity index (χ0) is 12.5. The lowest BCUT2D eigenvalue weighted by Crippen LogP contribution is -2.63. The van der Waals surface area contributed by atoms with Crippen molar-refractivity contribution in [2.45, 2.75) is 56.8 Å². The van der Waals surface area contributed by atoms with E-state index in [9.17, 15) is 13.2 Å². The van der Waals surface area contributed by atoms with Crippen LogP contribution in [0.3, 0.4) is 0 Å². The lowest BCUT2D eigenvalue weighted by atomic mass is 9.82. The molecule has 0 saturated carbocycles. The van der Waals surface area contributed by atoms with E-state index in [1.165, 1.54) is 0 Å². The monoisotopic (exact) mass is 250 g/mol. The molecular formula is C12H21F3N2. The quantitative estimate of drug-likeness (QED) is 0.828. The molecule has 1 N–H and O–H groups in total. The number of fused-ring (bicyclic) bond motifs is 1. The maximum Gasteiger partial charge on any atom is 0.406 e. The number of nitrogens with zero attached hydrogens (tertiary/aromatic N) is 1. The topological polar surface area (TPSA) is 15.3 Å². The smallest absolute Gasteiger partial charge is 0.304 e. The van der Waals surface area contributed by atoms with E-state index in [4.69, 9.17) is 0 Å². The highest BCUT2D eigenvalue weighted by Crippen LogP contribution is 2.42. The Labute approximate surface area is 101 Å². The fourth-order valence-electron chi connectivity index (χ4n) is 3.14. The van der Waals surface area contributed by atoms with E-state index in [2.05, 4.69) is 10.2 Å². The predicted octanol–water partition coefficient (Wildman–Crippen LogP) is 2.55. The molecule has 2 heterocycles. The van der Waals surface area contributed by atoms with E-state index in [-0.39, 0.29) is 18.9 Å². The molecule has 2 aliphatic heterocycles. The van der Waals surface area contributed by atoms with Crippen LogP contribution in [0.4, 0.5) is 13.2 Å². The Morgan fingerprint density at radius 2 is 2.12 bits per heavy atom. The molecule has 0 spiro atoms. The Bertz CT molecular complexity index is 267. The molecule has 0 aromatic rings. The molecule has 2 unspecified atom stereocenters. The van der Waals surface area contributed by atoms with Crippen LogP contribution in [0, 0.1) is 0 Å². The summed E-state index contributed by atoms with van der Waals surface area (Å²) >= 11 is 0. The summed E-state index contributed by atoms with van der Waals surface area (Å²) in [6, 6.07) is 0.134. The Hall–Kier alpha value is -0.290. The number of alkyl halides is 3. The van der Waals surface area contributed by atoms with E-state index >= 15 is 0 Å². The van der Waals surface area contributed by atoms with Crippen molar-refractivity contribution in [3.05, 3.63) is 0 Å². The molecular weight excluding hydrogens is 229 g/mol. The maximum absolute atomic E-state index is 13.3. The van der Waals surface area contributed by atoms with Gasteiger partial charge in [-0.3, -0.25) is 0 Å². The molecule has 0 aromatic heterocycles. The van der Waals surface area contributed by atoms with Crippen molar-refractivity contribution in [2.75, 3.05) is 19.6 Å². The van der Waals surface area contributed by atoms with Gasteiger partial charge in [0.05, 0.1) is 0 Å². The van der Waals surface area contributed by atoms with Gasteiger partial charge in [-0.1, -0.05) is 6.92 Å². The molecule has 2 nitrogen and oxygen atoms in total. The van der Waals surface area contributed by atoms with E-state index < -0.39 is 11.7 Å². The number of hydrogen-bond acceptors (Lipinski definition) is 2. The number of nitrogens with one attached hydrogen (secondary N) is 1. The summed E-state index contributed by atoms with van der Waals surface area (Å²) in [5, 5.41) is 2.79. The van der Waals surface area contributed by atoms with Gasteiger partial charge in [-0.15, -0.1) is 0 Å². The normalized spacial score (nSPS) is 34.9. The molecule has 2 fully saturated rings. The van der Waals surface area contributed by atoms with Crippen molar-refractivity contribution >= 4 is 0 Å². The van der Waals surface area contributed by atoms with E-state index in [0.29, 0.717) is 13.1 Å². The standard InChI is InChI=1S/C12H21F3N2/c1-2-6-16-11(12(13,14)15)5-8-17-7-3-4-10(17)9-11/h10,16H,2-9H2,1H3. The Kier molecular flexibility index (Phi) is 3.69. The maximum atomic E-state index is 13.3. The van der Waals surface area contributed by atoms with Gasteiger partial charge in [0.2, 0.25) is 0 Å². The zero-order valence-electron chi connectivity index (χ0n) is 10.3. The van der Waals surface area contributed by atoms with Gasteiger partial charge in [0.15, 0.2) is 0 Å². The van der Waals surface area contributed by atoms with Crippen molar-refractivity contribution in [3.63, 3.8) is 0 Å². The van der Waals surface area contributed by atoms with Gasteiger partial charge in [-0.25, -0.2) is 0 Å². The first-order valence-electron chi connectivity index (χ1n) is 6.54. The third-order valence-corrected chi connectivity index (χ3v) is 4.16. The molecule has 2 aliphatic rings. The van der Waals surface area contributed by atoms with Crippen LogP contribution in [0.25, 0.3) is 0 Å². The summed E-state index contributed by atoms with van der Waals surface area (Å²) in [7, 11) is 0. The highest BCUT2D eigenvalue weighted by molar-refractivity contribution is 5.04. The molecule has 0 radical (unpaired) electrons. The summed E-state index contributed by atoms with van der Waals surface area (Å²) in [4.78, 5) is 2.22. The minimum atomic E-state index is -4.13. The first-order valence-corrected chi connectivity index (χ1v) is 6.54. The van der Waals surface area contributed by atoms with Crippen LogP contribution in [0.5, 0.6) is 0 Å². The van der Waals surface area contributed by atoms with Gasteiger partial charge in [-0.05, 0) is 45.2 Å². The van der Waals surface area contributed by atoms with Crippen LogP contribution in [0.15, 0.2) is 0 Å². The van der Waals surface area contributed by atoms with E-state index in [1.807, 2.05) is 6.92 Å². The highest BCUT2D eigenvalue weighted by atomic mass is 19.4. The molecule has 5 heteroatoms. The molecule has 17 heavy (non-hydrogen) atoms. The van der Waals surface area contributed by atoms with Crippen molar-refractivity contribution in [1.82, 2.24) is 10.2 Å². The van der Waals surface area contributed by atoms with E-state index in [1.54, 1.807) is 0 Å². The zero-order valence-corrected chi connectivity index (χ0v) is 10.3. The first-order chi connectivity index (χ1) is 7.98. The average molecular weight is 250 g/mol. The van der Waals surface area contributed by atoms with Crippen molar-refractivity contribution in [3.8, 4) is 0 Å². The summed E-state index contributed by atoms with van der Waals surface area (Å²) in [6.07, 6.45) is -0.982. The van der Waals surface area contributed by atoms with Gasteiger partial charge >= 0.3 is 6.18 Å². The van der Waals surface area contributed by atoms with Crippen molar-refractivity contribution in [2.24, 2.45) is 0 Å². The molecule has 0 bridgehead atoms. The van der Waals surface area contributed by atoms with Gasteiger partial charge in [-0.2, -0.15) is 13.2 Å². The molecule has 2 atom stereocenters. The predicted molar refractivity (Wildman–Crippen MR) is 60.9 cm³/mol. The fourth-order valence-corrected chi connectivity index (χ4v) is 3.14. The number of rotatable bonds is 3. The summed E-state index contributed by atoms with van der Waals surface area (Å²) in [5.74, 6) is 0. The first kappa shape index (κ1) is 13.1. The summed E-state index contributed by atoms with van der Waals surface area (Å²) in [5.41, 5.74) is -1.63. The Morgan fingerprint density at radius 3 is 2.76 bits per heavy atom. The SMILES string of the molecule is CCCNC1(C(F)(F)F)CCN2CCCC2C1. The Morgan fingerprint density at radius 1 is 1.35 bits per heavy atom. The van der Waals surface area contributed by atoms with Crippen LogP contribution in [0.1, 0.15) is 39.0 Å².